The molecule has 1 aromatic carbocycles. The molecule has 0 aliphatic heterocycles. The number of halogens is 1. The molecule has 0 saturated heterocycles. The van der Waals surface area contributed by atoms with Gasteiger partial charge in [-0.1, -0.05) is 39.7 Å². The van der Waals surface area contributed by atoms with E-state index in [4.69, 9.17) is 0 Å². The number of hydrogen-bond donors (Lipinski definition) is 1. The number of thioether (sulfide) groups is 1. The van der Waals surface area contributed by atoms with Crippen LogP contribution in [0.1, 0.15) is 40.0 Å². The van der Waals surface area contributed by atoms with Crippen molar-refractivity contribution in [1.82, 2.24) is 5.32 Å². The minimum Gasteiger partial charge on any atom is -0.313 e. The lowest BCUT2D eigenvalue weighted by Crippen LogP contribution is -2.32. The highest BCUT2D eigenvalue weighted by Crippen LogP contribution is 2.22. The van der Waals surface area contributed by atoms with E-state index >= 15 is 0 Å². The van der Waals surface area contributed by atoms with Gasteiger partial charge in [-0.05, 0) is 37.1 Å². The maximum atomic E-state index is 13.1. The third-order valence-electron chi connectivity index (χ3n) is 3.21. The van der Waals surface area contributed by atoms with Crippen molar-refractivity contribution in [2.45, 2.75) is 51.0 Å². The summed E-state index contributed by atoms with van der Waals surface area (Å²) in [5, 5.41) is 3.54. The van der Waals surface area contributed by atoms with Crippen LogP contribution >= 0.6 is 11.8 Å². The van der Waals surface area contributed by atoms with E-state index < -0.39 is 0 Å². The Labute approximate surface area is 121 Å². The van der Waals surface area contributed by atoms with Crippen LogP contribution in [0.5, 0.6) is 0 Å². The second-order valence-corrected chi connectivity index (χ2v) is 6.25. The summed E-state index contributed by atoms with van der Waals surface area (Å²) in [4.78, 5) is 1.02. The van der Waals surface area contributed by atoms with Gasteiger partial charge in [0, 0.05) is 16.7 Å². The SMILES string of the molecule is CCCC(C)CC(CSc1cccc(F)c1)NCC. The lowest BCUT2D eigenvalue weighted by Gasteiger charge is -2.21. The van der Waals surface area contributed by atoms with Crippen LogP contribution in [-0.4, -0.2) is 18.3 Å². The van der Waals surface area contributed by atoms with Crippen LogP contribution < -0.4 is 5.32 Å². The highest BCUT2D eigenvalue weighted by Gasteiger charge is 2.12. The molecule has 2 unspecified atom stereocenters. The lowest BCUT2D eigenvalue weighted by molar-refractivity contribution is 0.409. The maximum absolute atomic E-state index is 13.1. The Bertz CT molecular complexity index is 356. The number of nitrogens with one attached hydrogen (secondary N) is 1. The van der Waals surface area contributed by atoms with Gasteiger partial charge in [-0.25, -0.2) is 4.39 Å². The Balaban J connectivity index is 2.44. The Morgan fingerprint density at radius 1 is 1.32 bits per heavy atom. The van der Waals surface area contributed by atoms with Crippen molar-refractivity contribution < 1.29 is 4.39 Å². The smallest absolute Gasteiger partial charge is 0.124 e. The molecule has 108 valence electrons. The molecule has 1 nitrogen and oxygen atoms in total. The molecule has 0 fully saturated rings. The minimum absolute atomic E-state index is 0.149. The van der Waals surface area contributed by atoms with E-state index in [2.05, 4.69) is 26.1 Å². The summed E-state index contributed by atoms with van der Waals surface area (Å²) in [7, 11) is 0. The molecule has 0 bridgehead atoms. The summed E-state index contributed by atoms with van der Waals surface area (Å²) < 4.78 is 13.1. The maximum Gasteiger partial charge on any atom is 0.124 e. The molecule has 0 saturated carbocycles. The van der Waals surface area contributed by atoms with Crippen LogP contribution in [0.4, 0.5) is 4.39 Å². The predicted molar refractivity (Wildman–Crippen MR) is 83.3 cm³/mol. The quantitative estimate of drug-likeness (QED) is 0.658. The van der Waals surface area contributed by atoms with Gasteiger partial charge in [-0.3, -0.25) is 0 Å². The summed E-state index contributed by atoms with van der Waals surface area (Å²) in [6, 6.07) is 7.38. The van der Waals surface area contributed by atoms with Gasteiger partial charge in [0.05, 0.1) is 0 Å². The standard InChI is InChI=1S/C16H26FNS/c1-4-7-13(3)10-15(18-5-2)12-19-16-9-6-8-14(17)11-16/h6,8-9,11,13,15,18H,4-5,7,10,12H2,1-3H3. The molecule has 3 heteroatoms. The third kappa shape index (κ3) is 6.98. The molecule has 19 heavy (non-hydrogen) atoms. The normalized spacial score (nSPS) is 14.3. The zero-order valence-corrected chi connectivity index (χ0v) is 13.1. The molecule has 0 amide bonds. The minimum atomic E-state index is -0.149. The van der Waals surface area contributed by atoms with E-state index in [0.717, 1.165) is 23.1 Å². The fraction of sp³-hybridized carbons (Fsp3) is 0.625. The van der Waals surface area contributed by atoms with Crippen molar-refractivity contribution in [3.8, 4) is 0 Å². The van der Waals surface area contributed by atoms with Crippen molar-refractivity contribution in [1.29, 1.82) is 0 Å². The van der Waals surface area contributed by atoms with Crippen LogP contribution in [0.3, 0.4) is 0 Å². The van der Waals surface area contributed by atoms with Crippen molar-refractivity contribution in [2.75, 3.05) is 12.3 Å². The van der Waals surface area contributed by atoms with Gasteiger partial charge in [0.1, 0.15) is 5.82 Å². The van der Waals surface area contributed by atoms with Crippen molar-refractivity contribution in [3.63, 3.8) is 0 Å². The lowest BCUT2D eigenvalue weighted by atomic mass is 9.98. The molecule has 1 rings (SSSR count). The highest BCUT2D eigenvalue weighted by atomic mass is 32.2. The molecule has 0 aromatic heterocycles. The van der Waals surface area contributed by atoms with Gasteiger partial charge < -0.3 is 5.32 Å². The summed E-state index contributed by atoms with van der Waals surface area (Å²) in [6.45, 7) is 7.69. The summed E-state index contributed by atoms with van der Waals surface area (Å²) >= 11 is 1.74. The monoisotopic (exact) mass is 283 g/mol. The van der Waals surface area contributed by atoms with Gasteiger partial charge in [-0.2, -0.15) is 0 Å². The number of hydrogen-bond acceptors (Lipinski definition) is 2. The third-order valence-corrected chi connectivity index (χ3v) is 4.36. The molecular weight excluding hydrogens is 257 g/mol. The van der Waals surface area contributed by atoms with E-state index in [-0.39, 0.29) is 5.82 Å². The topological polar surface area (TPSA) is 12.0 Å². The van der Waals surface area contributed by atoms with E-state index in [9.17, 15) is 4.39 Å². The number of rotatable bonds is 9. The first kappa shape index (κ1) is 16.5. The number of benzene rings is 1. The Kier molecular flexibility index (Phi) is 8.15. The van der Waals surface area contributed by atoms with Gasteiger partial charge in [0.15, 0.2) is 0 Å². The molecule has 1 N–H and O–H groups in total. The van der Waals surface area contributed by atoms with Crippen LogP contribution in [0.15, 0.2) is 29.2 Å². The molecule has 0 aliphatic carbocycles. The molecule has 0 radical (unpaired) electrons. The molecular formula is C16H26FNS. The molecule has 0 spiro atoms. The first-order valence-electron chi connectivity index (χ1n) is 7.27. The van der Waals surface area contributed by atoms with Crippen LogP contribution in [0, 0.1) is 11.7 Å². The average Bonchev–Trinajstić information content (AvgIpc) is 2.36. The zero-order valence-electron chi connectivity index (χ0n) is 12.3. The zero-order chi connectivity index (χ0) is 14.1. The molecule has 0 aliphatic rings. The Morgan fingerprint density at radius 2 is 2.11 bits per heavy atom. The van der Waals surface area contributed by atoms with Gasteiger partial charge >= 0.3 is 0 Å². The van der Waals surface area contributed by atoms with E-state index in [1.54, 1.807) is 23.9 Å². The highest BCUT2D eigenvalue weighted by molar-refractivity contribution is 7.99. The fourth-order valence-electron chi connectivity index (χ4n) is 2.35. The molecule has 0 heterocycles. The first-order valence-corrected chi connectivity index (χ1v) is 8.26. The summed E-state index contributed by atoms with van der Waals surface area (Å²) in [6.07, 6.45) is 3.73. The van der Waals surface area contributed by atoms with E-state index in [1.165, 1.54) is 25.3 Å². The van der Waals surface area contributed by atoms with Gasteiger partial charge in [0.25, 0.3) is 0 Å². The van der Waals surface area contributed by atoms with Gasteiger partial charge in [0.2, 0.25) is 0 Å². The largest absolute Gasteiger partial charge is 0.313 e. The average molecular weight is 283 g/mol. The van der Waals surface area contributed by atoms with E-state index in [1.807, 2.05) is 6.07 Å². The first-order chi connectivity index (χ1) is 9.15. The Hall–Kier alpha value is -0.540. The molecule has 1 aromatic rings. The van der Waals surface area contributed by atoms with Crippen LogP contribution in [-0.2, 0) is 0 Å². The fourth-order valence-corrected chi connectivity index (χ4v) is 3.37. The second-order valence-electron chi connectivity index (χ2n) is 5.15. The van der Waals surface area contributed by atoms with Gasteiger partial charge in [-0.15, -0.1) is 11.8 Å². The van der Waals surface area contributed by atoms with Crippen molar-refractivity contribution in [2.24, 2.45) is 5.92 Å². The van der Waals surface area contributed by atoms with Crippen LogP contribution in [0.2, 0.25) is 0 Å². The van der Waals surface area contributed by atoms with Crippen LogP contribution in [0.25, 0.3) is 0 Å². The molecule has 2 atom stereocenters. The summed E-state index contributed by atoms with van der Waals surface area (Å²) in [5.74, 6) is 1.61. The second kappa shape index (κ2) is 9.38. The summed E-state index contributed by atoms with van der Waals surface area (Å²) in [5.41, 5.74) is 0. The predicted octanol–water partition coefficient (Wildman–Crippen LogP) is 4.72. The van der Waals surface area contributed by atoms with Crippen molar-refractivity contribution in [3.05, 3.63) is 30.1 Å². The van der Waals surface area contributed by atoms with E-state index in [0.29, 0.717) is 6.04 Å². The van der Waals surface area contributed by atoms with Crippen molar-refractivity contribution >= 4 is 11.8 Å². The Morgan fingerprint density at radius 3 is 2.74 bits per heavy atom.